The average Bonchev–Trinajstić information content (AvgIpc) is 2.61. The van der Waals surface area contributed by atoms with E-state index in [0.29, 0.717) is 5.56 Å². The van der Waals surface area contributed by atoms with Crippen LogP contribution in [0.4, 0.5) is 0 Å². The van der Waals surface area contributed by atoms with Crippen molar-refractivity contribution in [3.8, 4) is 0 Å². The van der Waals surface area contributed by atoms with Crippen molar-refractivity contribution in [3.63, 3.8) is 0 Å². The van der Waals surface area contributed by atoms with E-state index < -0.39 is 10.0 Å². The third-order valence-electron chi connectivity index (χ3n) is 4.97. The molecule has 2 aromatic carbocycles. The lowest BCUT2D eigenvalue weighted by atomic mass is 9.88. The lowest BCUT2D eigenvalue weighted by Crippen LogP contribution is -2.34. The number of hydrogen-bond donors (Lipinski definition) is 2. The Balaban J connectivity index is 1.56. The predicted octanol–water partition coefficient (Wildman–Crippen LogP) is 3.17. The van der Waals surface area contributed by atoms with E-state index in [4.69, 9.17) is 0 Å². The summed E-state index contributed by atoms with van der Waals surface area (Å²) in [5.41, 5.74) is 4.17. The first-order valence-corrected chi connectivity index (χ1v) is 10.8. The van der Waals surface area contributed by atoms with Crippen LogP contribution < -0.4 is 10.0 Å². The molecule has 2 aromatic rings. The standard InChI is InChI=1S/C21H26N2O3S/c1-15-10-11-20(16(2)14-15)27(25,26)22-13-12-21(24)23-19-9-5-7-17-6-3-4-8-18(17)19/h3-4,6,8,10-11,14,19,22H,5,7,9,12-13H2,1-2H3,(H,23,24). The Kier molecular flexibility index (Phi) is 5.97. The Labute approximate surface area is 161 Å². The van der Waals surface area contributed by atoms with Crippen LogP contribution in [-0.4, -0.2) is 20.9 Å². The first kappa shape index (κ1) is 19.6. The highest BCUT2D eigenvalue weighted by atomic mass is 32.2. The Morgan fingerprint density at radius 1 is 1.15 bits per heavy atom. The maximum Gasteiger partial charge on any atom is 0.240 e. The number of fused-ring (bicyclic) bond motifs is 1. The molecule has 0 saturated carbocycles. The van der Waals surface area contributed by atoms with Gasteiger partial charge in [-0.3, -0.25) is 4.79 Å². The molecule has 1 aliphatic carbocycles. The predicted molar refractivity (Wildman–Crippen MR) is 106 cm³/mol. The molecule has 0 bridgehead atoms. The maximum absolute atomic E-state index is 12.5. The molecule has 0 aliphatic heterocycles. The fourth-order valence-corrected chi connectivity index (χ4v) is 4.90. The molecule has 0 saturated heterocycles. The van der Waals surface area contributed by atoms with Crippen molar-refractivity contribution in [2.24, 2.45) is 0 Å². The molecule has 1 atom stereocenters. The van der Waals surface area contributed by atoms with Crippen molar-refractivity contribution in [2.75, 3.05) is 6.54 Å². The monoisotopic (exact) mass is 386 g/mol. The third kappa shape index (κ3) is 4.76. The Morgan fingerprint density at radius 2 is 1.93 bits per heavy atom. The zero-order valence-electron chi connectivity index (χ0n) is 15.8. The van der Waals surface area contributed by atoms with Gasteiger partial charge in [-0.1, -0.05) is 42.0 Å². The molecule has 27 heavy (non-hydrogen) atoms. The Bertz CT molecular complexity index is 938. The van der Waals surface area contributed by atoms with Crippen molar-refractivity contribution >= 4 is 15.9 Å². The van der Waals surface area contributed by atoms with E-state index in [2.05, 4.69) is 22.2 Å². The van der Waals surface area contributed by atoms with Crippen molar-refractivity contribution in [2.45, 2.75) is 50.5 Å². The summed E-state index contributed by atoms with van der Waals surface area (Å²) in [4.78, 5) is 12.6. The van der Waals surface area contributed by atoms with Gasteiger partial charge in [0.15, 0.2) is 0 Å². The van der Waals surface area contributed by atoms with E-state index in [1.807, 2.05) is 25.1 Å². The SMILES string of the molecule is Cc1ccc(S(=O)(=O)NCCC(=O)NC2CCCc3ccccc32)c(C)c1. The molecule has 0 spiro atoms. The smallest absolute Gasteiger partial charge is 0.240 e. The van der Waals surface area contributed by atoms with Crippen LogP contribution in [0, 0.1) is 13.8 Å². The van der Waals surface area contributed by atoms with Crippen LogP contribution in [0.2, 0.25) is 0 Å². The molecule has 3 rings (SSSR count). The van der Waals surface area contributed by atoms with Crippen LogP contribution in [0.25, 0.3) is 0 Å². The van der Waals surface area contributed by atoms with Gasteiger partial charge in [-0.25, -0.2) is 13.1 Å². The molecule has 1 aliphatic rings. The fraction of sp³-hybridized carbons (Fsp3) is 0.381. The van der Waals surface area contributed by atoms with Crippen molar-refractivity contribution in [1.82, 2.24) is 10.0 Å². The van der Waals surface area contributed by atoms with Crippen molar-refractivity contribution in [1.29, 1.82) is 0 Å². The highest BCUT2D eigenvalue weighted by Gasteiger charge is 2.22. The minimum Gasteiger partial charge on any atom is -0.349 e. The second-order valence-electron chi connectivity index (χ2n) is 7.13. The van der Waals surface area contributed by atoms with Crippen LogP contribution in [-0.2, 0) is 21.2 Å². The number of nitrogens with one attached hydrogen (secondary N) is 2. The second kappa shape index (κ2) is 8.23. The maximum atomic E-state index is 12.5. The number of rotatable bonds is 6. The number of hydrogen-bond acceptors (Lipinski definition) is 3. The van der Waals surface area contributed by atoms with Crippen LogP contribution in [0.5, 0.6) is 0 Å². The summed E-state index contributed by atoms with van der Waals surface area (Å²) in [6, 6.07) is 13.4. The normalized spacial score (nSPS) is 16.6. The van der Waals surface area contributed by atoms with Crippen LogP contribution >= 0.6 is 0 Å². The summed E-state index contributed by atoms with van der Waals surface area (Å²) >= 11 is 0. The lowest BCUT2D eigenvalue weighted by Gasteiger charge is -2.26. The summed E-state index contributed by atoms with van der Waals surface area (Å²) in [5.74, 6) is -0.139. The van der Waals surface area contributed by atoms with Crippen LogP contribution in [0.15, 0.2) is 47.4 Å². The minimum absolute atomic E-state index is 0.0124. The van der Waals surface area contributed by atoms with Crippen LogP contribution in [0.3, 0.4) is 0 Å². The van der Waals surface area contributed by atoms with Gasteiger partial charge in [0.25, 0.3) is 0 Å². The second-order valence-corrected chi connectivity index (χ2v) is 8.86. The van der Waals surface area contributed by atoms with Gasteiger partial charge in [0.05, 0.1) is 10.9 Å². The van der Waals surface area contributed by atoms with Crippen LogP contribution in [0.1, 0.15) is 47.6 Å². The van der Waals surface area contributed by atoms with Gasteiger partial charge >= 0.3 is 0 Å². The molecule has 2 N–H and O–H groups in total. The zero-order chi connectivity index (χ0) is 19.4. The first-order valence-electron chi connectivity index (χ1n) is 9.31. The molecule has 0 fully saturated rings. The largest absolute Gasteiger partial charge is 0.349 e. The van der Waals surface area contributed by atoms with Gasteiger partial charge in [-0.05, 0) is 55.9 Å². The summed E-state index contributed by atoms with van der Waals surface area (Å²) < 4.78 is 27.4. The minimum atomic E-state index is -3.62. The molecule has 144 valence electrons. The zero-order valence-corrected chi connectivity index (χ0v) is 16.6. The van der Waals surface area contributed by atoms with Gasteiger partial charge in [0, 0.05) is 13.0 Å². The average molecular weight is 387 g/mol. The first-order chi connectivity index (χ1) is 12.9. The van der Waals surface area contributed by atoms with E-state index in [0.717, 1.165) is 24.8 Å². The molecule has 0 heterocycles. The fourth-order valence-electron chi connectivity index (χ4n) is 3.65. The summed E-state index contributed by atoms with van der Waals surface area (Å²) in [5, 5.41) is 3.05. The molecule has 1 unspecified atom stereocenters. The Morgan fingerprint density at radius 3 is 2.70 bits per heavy atom. The number of benzene rings is 2. The molecule has 5 nitrogen and oxygen atoms in total. The van der Waals surface area contributed by atoms with E-state index in [9.17, 15) is 13.2 Å². The Hall–Kier alpha value is -2.18. The molecule has 1 amide bonds. The molecular formula is C21H26N2O3S. The summed E-state index contributed by atoms with van der Waals surface area (Å²) in [6.07, 6.45) is 3.11. The number of carbonyl (C=O) groups is 1. The summed E-state index contributed by atoms with van der Waals surface area (Å²) in [6.45, 7) is 3.77. The van der Waals surface area contributed by atoms with Gasteiger partial charge in [0.1, 0.15) is 0 Å². The highest BCUT2D eigenvalue weighted by molar-refractivity contribution is 7.89. The molecule has 6 heteroatoms. The van der Waals surface area contributed by atoms with Crippen molar-refractivity contribution in [3.05, 3.63) is 64.7 Å². The van der Waals surface area contributed by atoms with Gasteiger partial charge in [-0.15, -0.1) is 0 Å². The van der Waals surface area contributed by atoms with E-state index >= 15 is 0 Å². The number of carbonyl (C=O) groups excluding carboxylic acids is 1. The van der Waals surface area contributed by atoms with Gasteiger partial charge in [0.2, 0.25) is 15.9 Å². The van der Waals surface area contributed by atoms with E-state index in [1.54, 1.807) is 19.1 Å². The molecular weight excluding hydrogens is 360 g/mol. The number of sulfonamides is 1. The van der Waals surface area contributed by atoms with Gasteiger partial charge in [-0.2, -0.15) is 0 Å². The molecule has 0 radical (unpaired) electrons. The molecule has 0 aromatic heterocycles. The quantitative estimate of drug-likeness (QED) is 0.801. The van der Waals surface area contributed by atoms with Crippen molar-refractivity contribution < 1.29 is 13.2 Å². The van der Waals surface area contributed by atoms with E-state index in [-0.39, 0.29) is 29.8 Å². The third-order valence-corrected chi connectivity index (χ3v) is 6.59. The van der Waals surface area contributed by atoms with E-state index in [1.165, 1.54) is 11.1 Å². The lowest BCUT2D eigenvalue weighted by molar-refractivity contribution is -0.121. The van der Waals surface area contributed by atoms with Gasteiger partial charge < -0.3 is 5.32 Å². The number of amides is 1. The summed E-state index contributed by atoms with van der Waals surface area (Å²) in [7, 11) is -3.62. The highest BCUT2D eigenvalue weighted by Crippen LogP contribution is 2.29. The topological polar surface area (TPSA) is 75.3 Å². The number of aryl methyl sites for hydroxylation is 3.